The Morgan fingerprint density at radius 2 is 2.06 bits per heavy atom. The molecule has 1 heterocycles. The maximum Gasteiger partial charge on any atom is 0.244 e. The minimum Gasteiger partial charge on any atom is -0.373 e. The molecule has 1 fully saturated rings. The fourth-order valence-electron chi connectivity index (χ4n) is 1.98. The molecule has 1 unspecified atom stereocenters. The van der Waals surface area contributed by atoms with Gasteiger partial charge < -0.3 is 10.2 Å². The van der Waals surface area contributed by atoms with E-state index in [1.807, 2.05) is 0 Å². The van der Waals surface area contributed by atoms with Crippen LogP contribution in [0.25, 0.3) is 0 Å². The molecule has 0 aromatic heterocycles. The van der Waals surface area contributed by atoms with Gasteiger partial charge in [0, 0.05) is 13.6 Å². The molecule has 7 heteroatoms. The number of anilines is 1. The summed E-state index contributed by atoms with van der Waals surface area (Å²) in [5.74, 6) is -0.0424. The Morgan fingerprint density at radius 1 is 1.39 bits per heavy atom. The van der Waals surface area contributed by atoms with E-state index in [-0.39, 0.29) is 10.8 Å². The first-order valence-electron chi connectivity index (χ1n) is 5.53. The number of rotatable bonds is 3. The van der Waals surface area contributed by atoms with Gasteiger partial charge in [0.25, 0.3) is 0 Å². The van der Waals surface area contributed by atoms with Crippen LogP contribution in [0, 0.1) is 0 Å². The average molecular weight is 269 g/mol. The number of nitrogens with one attached hydrogen (secondary N) is 1. The Kier molecular flexibility index (Phi) is 3.27. The third-order valence-corrected chi connectivity index (χ3v) is 3.92. The minimum atomic E-state index is -3.79. The second-order valence-corrected chi connectivity index (χ2v) is 5.82. The number of primary sulfonamides is 1. The molecule has 0 radical (unpaired) electrons. The van der Waals surface area contributed by atoms with Gasteiger partial charge in [-0.3, -0.25) is 4.79 Å². The lowest BCUT2D eigenvalue weighted by molar-refractivity contribution is -0.127. The van der Waals surface area contributed by atoms with E-state index in [9.17, 15) is 13.2 Å². The standard InChI is InChI=1S/C11H15N3O3S/c1-14-7-6-9(11(14)15)13-8-4-2-3-5-10(8)18(12,16)17/h2-5,9,13H,6-7H2,1H3,(H2,12,16,17). The van der Waals surface area contributed by atoms with Crippen LogP contribution >= 0.6 is 0 Å². The highest BCUT2D eigenvalue weighted by molar-refractivity contribution is 7.89. The molecule has 18 heavy (non-hydrogen) atoms. The van der Waals surface area contributed by atoms with Crippen molar-refractivity contribution in [2.24, 2.45) is 5.14 Å². The molecule has 1 atom stereocenters. The maximum atomic E-state index is 11.8. The lowest BCUT2D eigenvalue weighted by Crippen LogP contribution is -2.31. The Bertz CT molecular complexity index is 571. The van der Waals surface area contributed by atoms with Crippen molar-refractivity contribution in [3.63, 3.8) is 0 Å². The van der Waals surface area contributed by atoms with Crippen LogP contribution < -0.4 is 10.5 Å². The number of hydrogen-bond acceptors (Lipinski definition) is 4. The molecule has 0 saturated carbocycles. The number of benzene rings is 1. The summed E-state index contributed by atoms with van der Waals surface area (Å²) < 4.78 is 22.8. The average Bonchev–Trinajstić information content (AvgIpc) is 2.60. The van der Waals surface area contributed by atoms with Crippen LogP contribution in [0.15, 0.2) is 29.2 Å². The van der Waals surface area contributed by atoms with Crippen LogP contribution in [0.3, 0.4) is 0 Å². The highest BCUT2D eigenvalue weighted by Gasteiger charge is 2.29. The first kappa shape index (κ1) is 12.8. The summed E-state index contributed by atoms with van der Waals surface area (Å²) >= 11 is 0. The van der Waals surface area contributed by atoms with E-state index in [4.69, 9.17) is 5.14 Å². The molecule has 98 valence electrons. The maximum absolute atomic E-state index is 11.8. The van der Waals surface area contributed by atoms with Crippen molar-refractivity contribution in [1.82, 2.24) is 4.90 Å². The molecule has 6 nitrogen and oxygen atoms in total. The van der Waals surface area contributed by atoms with E-state index in [0.29, 0.717) is 18.7 Å². The SMILES string of the molecule is CN1CCC(Nc2ccccc2S(N)(=O)=O)C1=O. The normalized spacial score (nSPS) is 20.2. The number of nitrogens with zero attached hydrogens (tertiary/aromatic N) is 1. The van der Waals surface area contributed by atoms with Gasteiger partial charge in [0.05, 0.1) is 5.69 Å². The summed E-state index contributed by atoms with van der Waals surface area (Å²) in [5.41, 5.74) is 0.369. The highest BCUT2D eigenvalue weighted by atomic mass is 32.2. The van der Waals surface area contributed by atoms with Crippen molar-refractivity contribution in [3.8, 4) is 0 Å². The minimum absolute atomic E-state index is 0.00681. The molecule has 1 aliphatic heterocycles. The Balaban J connectivity index is 2.28. The van der Waals surface area contributed by atoms with Gasteiger partial charge in [-0.1, -0.05) is 12.1 Å². The van der Waals surface area contributed by atoms with Gasteiger partial charge in [-0.15, -0.1) is 0 Å². The zero-order chi connectivity index (χ0) is 13.3. The van der Waals surface area contributed by atoms with Crippen LogP contribution in [0.4, 0.5) is 5.69 Å². The molecule has 1 aromatic carbocycles. The monoisotopic (exact) mass is 269 g/mol. The molecule has 1 aromatic rings. The smallest absolute Gasteiger partial charge is 0.244 e. The zero-order valence-electron chi connectivity index (χ0n) is 9.96. The second-order valence-electron chi connectivity index (χ2n) is 4.29. The summed E-state index contributed by atoms with van der Waals surface area (Å²) in [7, 11) is -2.08. The summed E-state index contributed by atoms with van der Waals surface area (Å²) in [6.07, 6.45) is 0.647. The predicted molar refractivity (Wildman–Crippen MR) is 67.5 cm³/mol. The molecule has 1 aliphatic rings. The van der Waals surface area contributed by atoms with Crippen molar-refractivity contribution >= 4 is 21.6 Å². The number of amides is 1. The Hall–Kier alpha value is -1.60. The number of sulfonamides is 1. The number of carbonyl (C=O) groups excluding carboxylic acids is 1. The molecule has 3 N–H and O–H groups in total. The third-order valence-electron chi connectivity index (χ3n) is 2.95. The van der Waals surface area contributed by atoms with Crippen molar-refractivity contribution in [3.05, 3.63) is 24.3 Å². The fraction of sp³-hybridized carbons (Fsp3) is 0.364. The van der Waals surface area contributed by atoms with E-state index < -0.39 is 16.1 Å². The topological polar surface area (TPSA) is 92.5 Å². The summed E-state index contributed by atoms with van der Waals surface area (Å²) in [5, 5.41) is 8.08. The van der Waals surface area contributed by atoms with Gasteiger partial charge in [0.2, 0.25) is 15.9 Å². The van der Waals surface area contributed by atoms with Gasteiger partial charge in [-0.2, -0.15) is 0 Å². The van der Waals surface area contributed by atoms with Crippen LogP contribution in [-0.4, -0.2) is 38.9 Å². The number of likely N-dealkylation sites (tertiary alicyclic amines) is 1. The molecule has 0 bridgehead atoms. The van der Waals surface area contributed by atoms with Crippen LogP contribution in [0.5, 0.6) is 0 Å². The van der Waals surface area contributed by atoms with E-state index in [2.05, 4.69) is 5.32 Å². The van der Waals surface area contributed by atoms with E-state index >= 15 is 0 Å². The summed E-state index contributed by atoms with van der Waals surface area (Å²) in [4.78, 5) is 13.4. The largest absolute Gasteiger partial charge is 0.373 e. The lowest BCUT2D eigenvalue weighted by Gasteiger charge is -2.15. The Labute approximate surface area is 106 Å². The quantitative estimate of drug-likeness (QED) is 0.806. The predicted octanol–water partition coefficient (Wildman–Crippen LogP) is -0.0234. The molecular formula is C11H15N3O3S. The van der Waals surface area contributed by atoms with Crippen LogP contribution in [0.2, 0.25) is 0 Å². The fourth-order valence-corrected chi connectivity index (χ4v) is 2.68. The Morgan fingerprint density at radius 3 is 2.61 bits per heavy atom. The van der Waals surface area contributed by atoms with Gasteiger partial charge in [-0.25, -0.2) is 13.6 Å². The molecule has 2 rings (SSSR count). The molecule has 0 spiro atoms. The van der Waals surface area contributed by atoms with Crippen molar-refractivity contribution in [2.75, 3.05) is 18.9 Å². The number of nitrogens with two attached hydrogens (primary N) is 1. The first-order chi connectivity index (χ1) is 8.39. The number of likely N-dealkylation sites (N-methyl/N-ethyl adjacent to an activating group) is 1. The molecule has 0 aliphatic carbocycles. The van der Waals surface area contributed by atoms with Crippen molar-refractivity contribution in [2.45, 2.75) is 17.4 Å². The zero-order valence-corrected chi connectivity index (χ0v) is 10.8. The van der Waals surface area contributed by atoms with E-state index in [1.54, 1.807) is 30.1 Å². The second kappa shape index (κ2) is 4.58. The van der Waals surface area contributed by atoms with Crippen LogP contribution in [-0.2, 0) is 14.8 Å². The number of carbonyl (C=O) groups is 1. The third kappa shape index (κ3) is 2.46. The van der Waals surface area contributed by atoms with Gasteiger partial charge >= 0.3 is 0 Å². The first-order valence-corrected chi connectivity index (χ1v) is 7.07. The van der Waals surface area contributed by atoms with Gasteiger partial charge in [0.1, 0.15) is 10.9 Å². The summed E-state index contributed by atoms with van der Waals surface area (Å²) in [6.45, 7) is 0.661. The molecular weight excluding hydrogens is 254 g/mol. The lowest BCUT2D eigenvalue weighted by atomic mass is 10.2. The van der Waals surface area contributed by atoms with Crippen molar-refractivity contribution < 1.29 is 13.2 Å². The number of hydrogen-bond donors (Lipinski definition) is 2. The van der Waals surface area contributed by atoms with Gasteiger partial charge in [0.15, 0.2) is 0 Å². The molecule has 1 amide bonds. The van der Waals surface area contributed by atoms with Crippen molar-refractivity contribution in [1.29, 1.82) is 0 Å². The van der Waals surface area contributed by atoms with Gasteiger partial charge in [-0.05, 0) is 18.6 Å². The number of para-hydroxylation sites is 1. The van der Waals surface area contributed by atoms with Crippen LogP contribution in [0.1, 0.15) is 6.42 Å². The van der Waals surface area contributed by atoms with E-state index in [0.717, 1.165) is 0 Å². The molecule has 1 saturated heterocycles. The van der Waals surface area contributed by atoms with E-state index in [1.165, 1.54) is 6.07 Å². The highest BCUT2D eigenvalue weighted by Crippen LogP contribution is 2.22. The summed E-state index contributed by atoms with van der Waals surface area (Å²) in [6, 6.07) is 5.91.